The van der Waals surface area contributed by atoms with E-state index in [9.17, 15) is 14.0 Å². The van der Waals surface area contributed by atoms with Gasteiger partial charge in [-0.1, -0.05) is 43.5 Å². The molecule has 0 saturated carbocycles. The first-order chi connectivity index (χ1) is 17.7. The highest BCUT2D eigenvalue weighted by Crippen LogP contribution is 2.36. The van der Waals surface area contributed by atoms with Crippen molar-refractivity contribution in [2.24, 2.45) is 4.99 Å². The molecule has 3 rings (SSSR count). The fourth-order valence-electron chi connectivity index (χ4n) is 4.71. The van der Waals surface area contributed by atoms with Gasteiger partial charge in [-0.05, 0) is 49.8 Å². The zero-order valence-corrected chi connectivity index (χ0v) is 23.2. The average molecular weight is 529 g/mol. The highest BCUT2D eigenvalue weighted by molar-refractivity contribution is 8.06. The zero-order valence-electron chi connectivity index (χ0n) is 22.3. The summed E-state index contributed by atoms with van der Waals surface area (Å²) in [6, 6.07) is 4.18. The third kappa shape index (κ3) is 6.70. The van der Waals surface area contributed by atoms with Crippen molar-refractivity contribution >= 4 is 29.5 Å². The van der Waals surface area contributed by atoms with E-state index in [0.717, 1.165) is 6.42 Å². The minimum atomic E-state index is -0.746. The fraction of sp³-hybridized carbons (Fsp3) is 0.464. The minimum Gasteiger partial charge on any atom is -0.463 e. The number of allylic oxidation sites excluding steroid dienone is 1. The molecular formula is C28H37FN4O3S. The van der Waals surface area contributed by atoms with Crippen LogP contribution in [0.25, 0.3) is 0 Å². The largest absolute Gasteiger partial charge is 0.463 e. The molecule has 2 aliphatic heterocycles. The number of amidine groups is 1. The lowest BCUT2D eigenvalue weighted by atomic mass is 9.92. The number of carbonyl (C=O) groups excluding carboxylic acids is 2. The second-order valence-corrected chi connectivity index (χ2v) is 10.1. The molecule has 0 radical (unpaired) electrons. The number of halogens is 1. The number of amides is 1. The summed E-state index contributed by atoms with van der Waals surface area (Å²) in [6.07, 6.45) is 2.75. The van der Waals surface area contributed by atoms with Crippen LogP contribution < -0.4 is 5.32 Å². The Bertz CT molecular complexity index is 1130. The first kappa shape index (κ1) is 28.7. The number of carbonyl (C=O) groups is 2. The minimum absolute atomic E-state index is 0.0714. The molecule has 0 unspecified atom stereocenters. The van der Waals surface area contributed by atoms with Gasteiger partial charge in [-0.25, -0.2) is 9.18 Å². The number of ether oxygens (including phenoxy) is 1. The Labute approximate surface area is 223 Å². The van der Waals surface area contributed by atoms with Crippen LogP contribution in [0, 0.1) is 12.7 Å². The van der Waals surface area contributed by atoms with Crippen LogP contribution in [0.1, 0.15) is 51.3 Å². The van der Waals surface area contributed by atoms with Gasteiger partial charge in [-0.15, -0.1) is 0 Å². The van der Waals surface area contributed by atoms with Gasteiger partial charge in [0, 0.05) is 49.7 Å². The van der Waals surface area contributed by atoms with E-state index in [-0.39, 0.29) is 24.4 Å². The van der Waals surface area contributed by atoms with Crippen LogP contribution in [0.5, 0.6) is 0 Å². The van der Waals surface area contributed by atoms with E-state index in [2.05, 4.69) is 23.7 Å². The van der Waals surface area contributed by atoms with Gasteiger partial charge in [0.1, 0.15) is 17.7 Å². The molecule has 2 heterocycles. The van der Waals surface area contributed by atoms with Gasteiger partial charge in [0.2, 0.25) is 5.91 Å². The van der Waals surface area contributed by atoms with Gasteiger partial charge in [-0.3, -0.25) is 14.7 Å². The van der Waals surface area contributed by atoms with Gasteiger partial charge in [0.05, 0.1) is 12.2 Å². The summed E-state index contributed by atoms with van der Waals surface area (Å²) in [6.45, 7) is 15.8. The predicted molar refractivity (Wildman–Crippen MR) is 148 cm³/mol. The number of hydrogen-bond donors (Lipinski definition) is 1. The van der Waals surface area contributed by atoms with Gasteiger partial charge in [0.15, 0.2) is 0 Å². The Morgan fingerprint density at radius 1 is 1.32 bits per heavy atom. The smallest absolute Gasteiger partial charge is 0.338 e. The van der Waals surface area contributed by atoms with Crippen LogP contribution in [0.2, 0.25) is 0 Å². The second kappa shape index (κ2) is 13.1. The summed E-state index contributed by atoms with van der Waals surface area (Å²) in [5, 5.41) is 5.27. The molecule has 0 bridgehead atoms. The maximum Gasteiger partial charge on any atom is 0.338 e. The Kier molecular flexibility index (Phi) is 10.1. The van der Waals surface area contributed by atoms with Gasteiger partial charge in [0.25, 0.3) is 0 Å². The molecule has 0 aliphatic carbocycles. The van der Waals surface area contributed by atoms with Crippen LogP contribution in [0.15, 0.2) is 57.4 Å². The monoisotopic (exact) mass is 528 g/mol. The molecule has 1 aromatic rings. The van der Waals surface area contributed by atoms with Crippen molar-refractivity contribution < 1.29 is 18.7 Å². The lowest BCUT2D eigenvalue weighted by Crippen LogP contribution is -2.55. The molecule has 7 nitrogen and oxygen atoms in total. The SMILES string of the molecule is C=C(S/C=C\C)C1=N[C@@H](c2cccc(F)c2C)C(C(=O)OCC)=C(CN2CCN(C(C)=O)[C@H](CC)C2)N1. The van der Waals surface area contributed by atoms with E-state index >= 15 is 0 Å². The molecular weight excluding hydrogens is 491 g/mol. The van der Waals surface area contributed by atoms with E-state index in [1.54, 1.807) is 32.9 Å². The Hall–Kier alpha value is -2.91. The van der Waals surface area contributed by atoms with Crippen molar-refractivity contribution in [3.63, 3.8) is 0 Å². The number of hydrogen-bond acceptors (Lipinski definition) is 7. The molecule has 2 aliphatic rings. The predicted octanol–water partition coefficient (Wildman–Crippen LogP) is 4.72. The quantitative estimate of drug-likeness (QED) is 0.468. The molecule has 37 heavy (non-hydrogen) atoms. The fourth-order valence-corrected chi connectivity index (χ4v) is 5.23. The highest BCUT2D eigenvalue weighted by atomic mass is 32.2. The van der Waals surface area contributed by atoms with Crippen LogP contribution >= 0.6 is 11.8 Å². The number of piperazine rings is 1. The lowest BCUT2D eigenvalue weighted by molar-refractivity contribution is -0.139. The summed E-state index contributed by atoms with van der Waals surface area (Å²) in [5.74, 6) is -0.232. The van der Waals surface area contributed by atoms with Crippen molar-refractivity contribution in [1.82, 2.24) is 15.1 Å². The number of nitrogens with zero attached hydrogens (tertiary/aromatic N) is 3. The van der Waals surface area contributed by atoms with E-state index in [4.69, 9.17) is 9.73 Å². The van der Waals surface area contributed by atoms with Crippen LogP contribution in [0.4, 0.5) is 4.39 Å². The molecule has 0 spiro atoms. The van der Waals surface area contributed by atoms with Crippen molar-refractivity contribution in [1.29, 1.82) is 0 Å². The standard InChI is InChI=1S/C28H37FN4O3S/c1-7-15-37-19(5)27-30-24(17-32-13-14-33(20(6)34)21(8-2)16-32)25(28(35)36-9-3)26(31-27)22-11-10-12-23(29)18(22)4/h7,10-12,15,21,26H,5,8-9,13-14,16-17H2,1-4,6H3,(H,30,31)/b15-7-/t21-,26+/m1/s1. The molecule has 2 atom stereocenters. The Balaban J connectivity index is 2.07. The number of benzene rings is 1. The third-order valence-electron chi connectivity index (χ3n) is 6.66. The molecule has 1 N–H and O–H groups in total. The van der Waals surface area contributed by atoms with Gasteiger partial charge >= 0.3 is 5.97 Å². The summed E-state index contributed by atoms with van der Waals surface area (Å²) in [7, 11) is 0. The molecule has 0 aromatic heterocycles. The van der Waals surface area contributed by atoms with Crippen LogP contribution in [0.3, 0.4) is 0 Å². The normalized spacial score (nSPS) is 20.6. The van der Waals surface area contributed by atoms with E-state index in [1.165, 1.54) is 17.8 Å². The van der Waals surface area contributed by atoms with Crippen molar-refractivity contribution in [3.8, 4) is 0 Å². The average Bonchev–Trinajstić information content (AvgIpc) is 2.88. The second-order valence-electron chi connectivity index (χ2n) is 9.09. The molecule has 1 fully saturated rings. The number of aliphatic imine (C=N–C) groups is 1. The first-order valence-corrected chi connectivity index (χ1v) is 13.6. The number of thioether (sulfide) groups is 1. The Morgan fingerprint density at radius 2 is 2.08 bits per heavy atom. The van der Waals surface area contributed by atoms with Crippen LogP contribution in [-0.4, -0.2) is 66.3 Å². The highest BCUT2D eigenvalue weighted by Gasteiger charge is 2.35. The number of rotatable bonds is 9. The number of esters is 1. The summed E-state index contributed by atoms with van der Waals surface area (Å²) >= 11 is 1.42. The van der Waals surface area contributed by atoms with E-state index < -0.39 is 12.0 Å². The molecule has 1 amide bonds. The van der Waals surface area contributed by atoms with Crippen molar-refractivity contribution in [2.45, 2.75) is 53.1 Å². The van der Waals surface area contributed by atoms with E-state index in [0.29, 0.717) is 59.3 Å². The van der Waals surface area contributed by atoms with Gasteiger partial charge in [-0.2, -0.15) is 0 Å². The lowest BCUT2D eigenvalue weighted by Gasteiger charge is -2.41. The van der Waals surface area contributed by atoms with Gasteiger partial charge < -0.3 is 15.0 Å². The molecule has 1 saturated heterocycles. The number of nitrogens with one attached hydrogen (secondary N) is 1. The van der Waals surface area contributed by atoms with Crippen LogP contribution in [-0.2, 0) is 14.3 Å². The summed E-state index contributed by atoms with van der Waals surface area (Å²) in [5.41, 5.74) is 2.07. The molecule has 9 heteroatoms. The topological polar surface area (TPSA) is 74.2 Å². The zero-order chi connectivity index (χ0) is 27.1. The summed E-state index contributed by atoms with van der Waals surface area (Å²) < 4.78 is 20.1. The third-order valence-corrected chi connectivity index (χ3v) is 7.55. The van der Waals surface area contributed by atoms with E-state index in [1.807, 2.05) is 23.3 Å². The summed E-state index contributed by atoms with van der Waals surface area (Å²) in [4.78, 5) is 35.1. The maximum absolute atomic E-state index is 14.6. The Morgan fingerprint density at radius 3 is 2.73 bits per heavy atom. The maximum atomic E-state index is 14.6. The molecule has 1 aromatic carbocycles. The van der Waals surface area contributed by atoms with Crippen molar-refractivity contribution in [3.05, 3.63) is 69.4 Å². The molecule has 200 valence electrons. The van der Waals surface area contributed by atoms with Crippen molar-refractivity contribution in [2.75, 3.05) is 32.8 Å². The first-order valence-electron chi connectivity index (χ1n) is 12.7.